The van der Waals surface area contributed by atoms with E-state index in [0.29, 0.717) is 12.2 Å². The van der Waals surface area contributed by atoms with Gasteiger partial charge in [-0.25, -0.2) is 4.79 Å². The minimum Gasteiger partial charge on any atom is -0.458 e. The van der Waals surface area contributed by atoms with Gasteiger partial charge in [0.15, 0.2) is 0 Å². The van der Waals surface area contributed by atoms with Gasteiger partial charge in [0.05, 0.1) is 18.8 Å². The van der Waals surface area contributed by atoms with E-state index in [1.54, 1.807) is 6.08 Å². The van der Waals surface area contributed by atoms with E-state index in [2.05, 4.69) is 13.2 Å². The van der Waals surface area contributed by atoms with Crippen molar-refractivity contribution in [1.82, 2.24) is 0 Å². The predicted molar refractivity (Wildman–Crippen MR) is 60.5 cm³/mol. The Morgan fingerprint density at radius 3 is 2.53 bits per heavy atom. The van der Waals surface area contributed by atoms with E-state index in [1.165, 1.54) is 0 Å². The highest BCUT2D eigenvalue weighted by Gasteiger charge is 2.06. The third kappa shape index (κ3) is 7.70. The summed E-state index contributed by atoms with van der Waals surface area (Å²) in [6, 6.07) is 0. The molecule has 0 atom stereocenters. The maximum atomic E-state index is 11.3. The second kappa shape index (κ2) is 8.00. The quantitative estimate of drug-likeness (QED) is 0.280. The molecular formula is C12H18O3. The molecule has 0 fully saturated rings. The zero-order chi connectivity index (χ0) is 11.7. The third-order valence-corrected chi connectivity index (χ3v) is 1.51. The molecule has 0 amide bonds. The number of hydrogen-bond acceptors (Lipinski definition) is 3. The summed E-state index contributed by atoms with van der Waals surface area (Å²) in [5.74, 6) is -0.420. The van der Waals surface area contributed by atoms with Crippen LogP contribution < -0.4 is 0 Å². The van der Waals surface area contributed by atoms with E-state index in [1.807, 2.05) is 19.9 Å². The number of esters is 1. The second-order valence-corrected chi connectivity index (χ2v) is 3.29. The Balaban J connectivity index is 3.74. The normalized spacial score (nSPS) is 9.20. The van der Waals surface area contributed by atoms with Gasteiger partial charge in [-0.05, 0) is 19.9 Å². The first kappa shape index (κ1) is 13.7. The molecular weight excluding hydrogens is 192 g/mol. The Hall–Kier alpha value is -1.35. The van der Waals surface area contributed by atoms with Crippen LogP contribution in [0.4, 0.5) is 0 Å². The first-order valence-corrected chi connectivity index (χ1v) is 4.74. The molecule has 0 rings (SSSR count). The van der Waals surface area contributed by atoms with Crippen molar-refractivity contribution in [3.05, 3.63) is 36.5 Å². The lowest BCUT2D eigenvalue weighted by atomic mass is 10.3. The molecule has 3 heteroatoms. The molecule has 15 heavy (non-hydrogen) atoms. The van der Waals surface area contributed by atoms with Crippen LogP contribution in [0.25, 0.3) is 0 Å². The summed E-state index contributed by atoms with van der Waals surface area (Å²) in [6.07, 6.45) is 3.44. The van der Waals surface area contributed by atoms with Crippen LogP contribution in [-0.4, -0.2) is 25.8 Å². The van der Waals surface area contributed by atoms with Crippen LogP contribution in [-0.2, 0) is 14.3 Å². The van der Waals surface area contributed by atoms with Gasteiger partial charge in [-0.3, -0.25) is 0 Å². The van der Waals surface area contributed by atoms with Crippen molar-refractivity contribution in [3.8, 4) is 0 Å². The standard InChI is InChI=1S/C12H18O3/c1-5-7-14-9-11(4)12(13)15-8-6-10(2)3/h5-6H,1,4,7-9H2,2-3H3. The van der Waals surface area contributed by atoms with Crippen LogP contribution in [0, 0.1) is 0 Å². The van der Waals surface area contributed by atoms with E-state index < -0.39 is 5.97 Å². The first-order chi connectivity index (χ1) is 7.07. The van der Waals surface area contributed by atoms with Gasteiger partial charge in [-0.15, -0.1) is 6.58 Å². The smallest absolute Gasteiger partial charge is 0.336 e. The van der Waals surface area contributed by atoms with Crippen LogP contribution in [0.2, 0.25) is 0 Å². The summed E-state index contributed by atoms with van der Waals surface area (Å²) in [4.78, 5) is 11.3. The Morgan fingerprint density at radius 1 is 1.33 bits per heavy atom. The van der Waals surface area contributed by atoms with Crippen molar-refractivity contribution in [1.29, 1.82) is 0 Å². The van der Waals surface area contributed by atoms with Gasteiger partial charge < -0.3 is 9.47 Å². The molecule has 0 aliphatic rings. The molecule has 0 spiro atoms. The van der Waals surface area contributed by atoms with Gasteiger partial charge in [0.2, 0.25) is 0 Å². The summed E-state index contributed by atoms with van der Waals surface area (Å²) in [6.45, 7) is 11.8. The Bertz CT molecular complexity index is 260. The number of ether oxygens (including phenoxy) is 2. The van der Waals surface area contributed by atoms with E-state index in [-0.39, 0.29) is 13.2 Å². The number of carbonyl (C=O) groups excluding carboxylic acids is 1. The molecule has 0 heterocycles. The maximum absolute atomic E-state index is 11.3. The number of carbonyl (C=O) groups is 1. The second-order valence-electron chi connectivity index (χ2n) is 3.29. The van der Waals surface area contributed by atoms with E-state index in [4.69, 9.17) is 9.47 Å². The maximum Gasteiger partial charge on any atom is 0.336 e. The van der Waals surface area contributed by atoms with Crippen molar-refractivity contribution in [3.63, 3.8) is 0 Å². The average molecular weight is 210 g/mol. The van der Waals surface area contributed by atoms with E-state index in [0.717, 1.165) is 5.57 Å². The van der Waals surface area contributed by atoms with Crippen molar-refractivity contribution < 1.29 is 14.3 Å². The lowest BCUT2D eigenvalue weighted by molar-refractivity contribution is -0.138. The van der Waals surface area contributed by atoms with E-state index >= 15 is 0 Å². The van der Waals surface area contributed by atoms with Gasteiger partial charge >= 0.3 is 5.97 Å². The van der Waals surface area contributed by atoms with Gasteiger partial charge in [0.25, 0.3) is 0 Å². The third-order valence-electron chi connectivity index (χ3n) is 1.51. The predicted octanol–water partition coefficient (Wildman–Crippen LogP) is 2.25. The van der Waals surface area contributed by atoms with Crippen LogP contribution in [0.3, 0.4) is 0 Å². The molecule has 0 aliphatic heterocycles. The lowest BCUT2D eigenvalue weighted by Crippen LogP contribution is -2.12. The summed E-state index contributed by atoms with van der Waals surface area (Å²) < 4.78 is 9.98. The lowest BCUT2D eigenvalue weighted by Gasteiger charge is -2.05. The fourth-order valence-corrected chi connectivity index (χ4v) is 0.710. The summed E-state index contributed by atoms with van der Waals surface area (Å²) in [5.41, 5.74) is 1.43. The SMILES string of the molecule is C=CCOCC(=C)C(=O)OCC=C(C)C. The van der Waals surface area contributed by atoms with Gasteiger partial charge in [-0.2, -0.15) is 0 Å². The highest BCUT2D eigenvalue weighted by Crippen LogP contribution is 1.97. The van der Waals surface area contributed by atoms with Gasteiger partial charge in [-0.1, -0.05) is 18.2 Å². The molecule has 0 aromatic heterocycles. The molecule has 0 unspecified atom stereocenters. The molecule has 3 nitrogen and oxygen atoms in total. The summed E-state index contributed by atoms with van der Waals surface area (Å²) >= 11 is 0. The summed E-state index contributed by atoms with van der Waals surface area (Å²) in [7, 11) is 0. The summed E-state index contributed by atoms with van der Waals surface area (Å²) in [5, 5.41) is 0. The van der Waals surface area contributed by atoms with Gasteiger partial charge in [0, 0.05) is 0 Å². The van der Waals surface area contributed by atoms with Crippen molar-refractivity contribution in [2.75, 3.05) is 19.8 Å². The molecule has 0 bridgehead atoms. The topological polar surface area (TPSA) is 35.5 Å². The van der Waals surface area contributed by atoms with Crippen molar-refractivity contribution >= 4 is 5.97 Å². The largest absolute Gasteiger partial charge is 0.458 e. The molecule has 0 saturated heterocycles. The molecule has 84 valence electrons. The Kier molecular flexibility index (Phi) is 7.28. The molecule has 0 N–H and O–H groups in total. The first-order valence-electron chi connectivity index (χ1n) is 4.74. The molecule has 0 aromatic rings. The Morgan fingerprint density at radius 2 is 2.00 bits per heavy atom. The number of rotatable bonds is 7. The van der Waals surface area contributed by atoms with Crippen LogP contribution in [0.5, 0.6) is 0 Å². The fraction of sp³-hybridized carbons (Fsp3) is 0.417. The average Bonchev–Trinajstić information content (AvgIpc) is 2.17. The molecule has 0 radical (unpaired) electrons. The fourth-order valence-electron chi connectivity index (χ4n) is 0.710. The van der Waals surface area contributed by atoms with Crippen LogP contribution >= 0.6 is 0 Å². The Labute approximate surface area is 91.1 Å². The van der Waals surface area contributed by atoms with Gasteiger partial charge in [0.1, 0.15) is 6.61 Å². The molecule has 0 saturated carbocycles. The number of hydrogen-bond donors (Lipinski definition) is 0. The highest BCUT2D eigenvalue weighted by molar-refractivity contribution is 5.88. The minimum atomic E-state index is -0.420. The van der Waals surface area contributed by atoms with Crippen LogP contribution in [0.1, 0.15) is 13.8 Å². The van der Waals surface area contributed by atoms with E-state index in [9.17, 15) is 4.79 Å². The number of allylic oxidation sites excluding steroid dienone is 1. The van der Waals surface area contributed by atoms with Crippen LogP contribution in [0.15, 0.2) is 36.5 Å². The zero-order valence-electron chi connectivity index (χ0n) is 9.41. The zero-order valence-corrected chi connectivity index (χ0v) is 9.41. The molecule has 0 aliphatic carbocycles. The van der Waals surface area contributed by atoms with Crippen molar-refractivity contribution in [2.24, 2.45) is 0 Å². The molecule has 0 aromatic carbocycles. The monoisotopic (exact) mass is 210 g/mol. The van der Waals surface area contributed by atoms with Crippen molar-refractivity contribution in [2.45, 2.75) is 13.8 Å². The minimum absolute atomic E-state index is 0.180. The highest BCUT2D eigenvalue weighted by atomic mass is 16.5.